The predicted octanol–water partition coefficient (Wildman–Crippen LogP) is 1.86. The van der Waals surface area contributed by atoms with Gasteiger partial charge in [-0.2, -0.15) is 4.39 Å². The van der Waals surface area contributed by atoms with Crippen molar-refractivity contribution in [2.75, 3.05) is 0 Å². The van der Waals surface area contributed by atoms with Crippen molar-refractivity contribution >= 4 is 17.6 Å². The maximum Gasteiger partial charge on any atom is 0.326 e. The minimum Gasteiger partial charge on any atom is -0.480 e. The molecule has 0 heterocycles. The lowest BCUT2D eigenvalue weighted by Crippen LogP contribution is -2.41. The fourth-order valence-electron chi connectivity index (χ4n) is 1.63. The number of carbonyl (C=O) groups is 2. The van der Waals surface area contributed by atoms with E-state index in [2.05, 4.69) is 0 Å². The fourth-order valence-corrected chi connectivity index (χ4v) is 1.63. The third-order valence-electron chi connectivity index (χ3n) is 2.66. The Labute approximate surface area is 117 Å². The van der Waals surface area contributed by atoms with Crippen LogP contribution in [0.3, 0.4) is 0 Å². The van der Waals surface area contributed by atoms with Crippen LogP contribution in [0.15, 0.2) is 12.1 Å². The van der Waals surface area contributed by atoms with Crippen molar-refractivity contribution in [2.45, 2.75) is 25.8 Å². The van der Waals surface area contributed by atoms with Crippen LogP contribution >= 0.6 is 0 Å². The van der Waals surface area contributed by atoms with E-state index in [0.717, 1.165) is 0 Å². The smallest absolute Gasteiger partial charge is 0.326 e. The molecule has 1 amide bonds. The number of amides is 1. The van der Waals surface area contributed by atoms with Crippen LogP contribution in [0.2, 0.25) is 0 Å². The van der Waals surface area contributed by atoms with Gasteiger partial charge in [0, 0.05) is 0 Å². The fraction of sp³-hybridized carbons (Fsp3) is 0.333. The quantitative estimate of drug-likeness (QED) is 0.615. The van der Waals surface area contributed by atoms with Gasteiger partial charge in [-0.25, -0.2) is 9.18 Å². The molecule has 21 heavy (non-hydrogen) atoms. The highest BCUT2D eigenvalue weighted by molar-refractivity contribution is 5.97. The molecule has 0 fully saturated rings. The summed E-state index contributed by atoms with van der Waals surface area (Å²) in [6.45, 7) is 1.69. The van der Waals surface area contributed by atoms with Gasteiger partial charge in [-0.1, -0.05) is 13.3 Å². The highest BCUT2D eigenvalue weighted by atomic mass is 19.1. The molecule has 0 spiro atoms. The van der Waals surface area contributed by atoms with E-state index in [0.29, 0.717) is 12.5 Å². The van der Waals surface area contributed by atoms with E-state index in [-0.39, 0.29) is 12.5 Å². The van der Waals surface area contributed by atoms with Gasteiger partial charge < -0.3 is 10.4 Å². The summed E-state index contributed by atoms with van der Waals surface area (Å²) in [5, 5.41) is 21.3. The predicted molar refractivity (Wildman–Crippen MR) is 66.8 cm³/mol. The Morgan fingerprint density at radius 2 is 2.00 bits per heavy atom. The molecule has 1 aromatic rings. The van der Waals surface area contributed by atoms with Crippen molar-refractivity contribution in [3.63, 3.8) is 0 Å². The number of nitro benzene ring substituents is 1. The van der Waals surface area contributed by atoms with E-state index >= 15 is 0 Å². The molecule has 0 aliphatic carbocycles. The van der Waals surface area contributed by atoms with Gasteiger partial charge >= 0.3 is 11.7 Å². The maximum absolute atomic E-state index is 13.6. The molecule has 0 aromatic heterocycles. The molecule has 114 valence electrons. The van der Waals surface area contributed by atoms with E-state index in [1.54, 1.807) is 6.92 Å². The number of hydrogen-bond donors (Lipinski definition) is 2. The second-order valence-corrected chi connectivity index (χ2v) is 4.19. The van der Waals surface area contributed by atoms with Crippen molar-refractivity contribution in [1.29, 1.82) is 0 Å². The van der Waals surface area contributed by atoms with Crippen LogP contribution in [0.5, 0.6) is 0 Å². The number of aliphatic carboxylic acids is 1. The molecule has 1 rings (SSSR count). The molecule has 0 radical (unpaired) electrons. The number of hydrogen-bond acceptors (Lipinski definition) is 4. The normalized spacial score (nSPS) is 11.8. The van der Waals surface area contributed by atoms with Gasteiger partial charge in [-0.3, -0.25) is 14.9 Å². The number of halogens is 2. The average molecular weight is 302 g/mol. The topological polar surface area (TPSA) is 110 Å². The van der Waals surface area contributed by atoms with Gasteiger partial charge in [-0.15, -0.1) is 0 Å². The Kier molecular flexibility index (Phi) is 5.28. The number of carboxylic acids is 1. The van der Waals surface area contributed by atoms with Crippen LogP contribution in [0.1, 0.15) is 30.1 Å². The van der Waals surface area contributed by atoms with Crippen LogP contribution in [-0.2, 0) is 4.79 Å². The Balaban J connectivity index is 3.05. The van der Waals surface area contributed by atoms with E-state index in [1.807, 2.05) is 5.32 Å². The molecule has 1 aromatic carbocycles. The van der Waals surface area contributed by atoms with E-state index in [9.17, 15) is 28.5 Å². The van der Waals surface area contributed by atoms with Crippen LogP contribution in [0.25, 0.3) is 0 Å². The number of carbonyl (C=O) groups excluding carboxylic acids is 1. The summed E-state index contributed by atoms with van der Waals surface area (Å²) < 4.78 is 27.0. The van der Waals surface area contributed by atoms with Crippen molar-refractivity contribution in [3.05, 3.63) is 39.4 Å². The number of rotatable bonds is 6. The van der Waals surface area contributed by atoms with Crippen molar-refractivity contribution < 1.29 is 28.4 Å². The van der Waals surface area contributed by atoms with Crippen molar-refractivity contribution in [1.82, 2.24) is 5.32 Å². The first-order chi connectivity index (χ1) is 9.77. The molecule has 0 unspecified atom stereocenters. The molecule has 0 bridgehead atoms. The zero-order chi connectivity index (χ0) is 16.2. The summed E-state index contributed by atoms with van der Waals surface area (Å²) in [5.74, 6) is -5.15. The largest absolute Gasteiger partial charge is 0.480 e. The SMILES string of the molecule is CCC[C@H](NC(=O)c1cc(F)c([N+](=O)[O-])cc1F)C(=O)O. The summed E-state index contributed by atoms with van der Waals surface area (Å²) in [5.41, 5.74) is -1.90. The molecular formula is C12H12F2N2O5. The summed E-state index contributed by atoms with van der Waals surface area (Å²) >= 11 is 0. The zero-order valence-electron chi connectivity index (χ0n) is 10.9. The summed E-state index contributed by atoms with van der Waals surface area (Å²) in [7, 11) is 0. The first-order valence-electron chi connectivity index (χ1n) is 5.95. The number of nitrogens with zero attached hydrogens (tertiary/aromatic N) is 1. The van der Waals surface area contributed by atoms with Crippen LogP contribution < -0.4 is 5.32 Å². The first kappa shape index (κ1) is 16.5. The van der Waals surface area contributed by atoms with Gasteiger partial charge in [0.15, 0.2) is 0 Å². The molecule has 0 saturated heterocycles. The molecule has 0 aliphatic rings. The molecule has 0 saturated carbocycles. The Morgan fingerprint density at radius 1 is 1.38 bits per heavy atom. The van der Waals surface area contributed by atoms with Crippen LogP contribution in [-0.4, -0.2) is 27.9 Å². The molecule has 0 aliphatic heterocycles. The third kappa shape index (κ3) is 3.94. The van der Waals surface area contributed by atoms with Gasteiger partial charge in [0.05, 0.1) is 16.6 Å². The van der Waals surface area contributed by atoms with Crippen molar-refractivity contribution in [3.8, 4) is 0 Å². The monoisotopic (exact) mass is 302 g/mol. The van der Waals surface area contributed by atoms with Gasteiger partial charge in [0.25, 0.3) is 5.91 Å². The maximum atomic E-state index is 13.6. The Bertz CT molecular complexity index is 591. The van der Waals surface area contributed by atoms with Gasteiger partial charge in [-0.05, 0) is 12.5 Å². The Morgan fingerprint density at radius 3 is 2.48 bits per heavy atom. The highest BCUT2D eigenvalue weighted by Gasteiger charge is 2.25. The molecule has 2 N–H and O–H groups in total. The highest BCUT2D eigenvalue weighted by Crippen LogP contribution is 2.21. The lowest BCUT2D eigenvalue weighted by molar-refractivity contribution is -0.387. The van der Waals surface area contributed by atoms with E-state index in [1.165, 1.54) is 0 Å². The second-order valence-electron chi connectivity index (χ2n) is 4.19. The molecular weight excluding hydrogens is 290 g/mol. The van der Waals surface area contributed by atoms with Crippen molar-refractivity contribution in [2.24, 2.45) is 0 Å². The zero-order valence-corrected chi connectivity index (χ0v) is 10.9. The lowest BCUT2D eigenvalue weighted by Gasteiger charge is -2.13. The molecule has 9 heteroatoms. The standard InChI is InChI=1S/C12H12F2N2O5/c1-2-3-9(12(18)19)15-11(17)6-4-8(14)10(16(20)21)5-7(6)13/h4-5,9H,2-3H2,1H3,(H,15,17)(H,18,19)/t9-/m0/s1. The summed E-state index contributed by atoms with van der Waals surface area (Å²) in [6.07, 6.45) is 0.562. The lowest BCUT2D eigenvalue weighted by atomic mass is 10.1. The Hall–Kier alpha value is -2.58. The molecule has 7 nitrogen and oxygen atoms in total. The number of benzene rings is 1. The number of nitro groups is 1. The minimum absolute atomic E-state index is 0.109. The third-order valence-corrected chi connectivity index (χ3v) is 2.66. The van der Waals surface area contributed by atoms with Crippen LogP contribution in [0.4, 0.5) is 14.5 Å². The summed E-state index contributed by atoms with van der Waals surface area (Å²) in [6, 6.07) is -0.604. The first-order valence-corrected chi connectivity index (χ1v) is 5.95. The second kappa shape index (κ2) is 6.73. The molecule has 1 atom stereocenters. The minimum atomic E-state index is -1.38. The van der Waals surface area contributed by atoms with E-state index in [4.69, 9.17) is 5.11 Å². The average Bonchev–Trinajstić information content (AvgIpc) is 2.39. The number of carboxylic acid groups (broad SMARTS) is 1. The van der Waals surface area contributed by atoms with E-state index < -0.39 is 45.7 Å². The van der Waals surface area contributed by atoms with Gasteiger partial charge in [0.1, 0.15) is 11.9 Å². The summed E-state index contributed by atoms with van der Waals surface area (Å²) in [4.78, 5) is 31.9. The van der Waals surface area contributed by atoms with Crippen LogP contribution in [0, 0.1) is 21.7 Å². The van der Waals surface area contributed by atoms with Gasteiger partial charge in [0.2, 0.25) is 5.82 Å². The number of nitrogens with one attached hydrogen (secondary N) is 1.